The number of carbonyl (C=O) groups is 2. The minimum absolute atomic E-state index is 0.0179. The molecule has 2 aromatic heterocycles. The first kappa shape index (κ1) is 20.0. The Hall–Kier alpha value is -2.30. The van der Waals surface area contributed by atoms with E-state index in [0.717, 1.165) is 27.7 Å². The molecule has 0 radical (unpaired) electrons. The molecule has 0 aliphatic carbocycles. The third kappa shape index (κ3) is 4.34. The molecule has 0 saturated carbocycles. The molecule has 150 valence electrons. The lowest BCUT2D eigenvalue weighted by atomic mass is 10.1. The van der Waals surface area contributed by atoms with Gasteiger partial charge in [-0.3, -0.25) is 9.59 Å². The van der Waals surface area contributed by atoms with Crippen LogP contribution >= 0.6 is 34.4 Å². The number of nitrogens with zero attached hydrogens (tertiary/aromatic N) is 2. The van der Waals surface area contributed by atoms with Gasteiger partial charge in [-0.2, -0.15) is 0 Å². The van der Waals surface area contributed by atoms with Gasteiger partial charge in [-0.25, -0.2) is 13.8 Å². The molecular weight excluding hydrogens is 436 g/mol. The molecule has 3 aromatic rings. The van der Waals surface area contributed by atoms with Crippen LogP contribution in [0, 0.1) is 11.6 Å². The Morgan fingerprint density at radius 1 is 1.21 bits per heavy atom. The van der Waals surface area contributed by atoms with E-state index in [1.165, 1.54) is 34.1 Å². The fraction of sp³-hybridized carbons (Fsp3) is 0.211. The quantitative estimate of drug-likeness (QED) is 0.637. The van der Waals surface area contributed by atoms with E-state index < -0.39 is 23.6 Å². The predicted octanol–water partition coefficient (Wildman–Crippen LogP) is 3.98. The minimum Gasteiger partial charge on any atom is -0.349 e. The second-order valence-electron chi connectivity index (χ2n) is 6.26. The number of thiophene rings is 1. The fourth-order valence-electron chi connectivity index (χ4n) is 2.85. The summed E-state index contributed by atoms with van der Waals surface area (Å²) in [4.78, 5) is 32.3. The lowest BCUT2D eigenvalue weighted by Crippen LogP contribution is -2.47. The Bertz CT molecular complexity index is 1040. The third-order valence-electron chi connectivity index (χ3n) is 4.34. The van der Waals surface area contributed by atoms with Gasteiger partial charge in [-0.1, -0.05) is 6.07 Å². The maximum absolute atomic E-state index is 13.5. The van der Waals surface area contributed by atoms with Crippen molar-refractivity contribution in [2.75, 3.05) is 11.6 Å². The van der Waals surface area contributed by atoms with Gasteiger partial charge in [0, 0.05) is 16.7 Å². The molecule has 0 bridgehead atoms. The number of amides is 2. The van der Waals surface area contributed by atoms with Gasteiger partial charge in [0.25, 0.3) is 5.91 Å². The highest BCUT2D eigenvalue weighted by Crippen LogP contribution is 2.28. The van der Waals surface area contributed by atoms with Crippen LogP contribution in [-0.2, 0) is 11.3 Å². The number of halogens is 2. The number of thioether (sulfide) groups is 1. The number of rotatable bonds is 5. The first-order valence-corrected chi connectivity index (χ1v) is 11.5. The van der Waals surface area contributed by atoms with Crippen LogP contribution in [-0.4, -0.2) is 39.4 Å². The van der Waals surface area contributed by atoms with Crippen molar-refractivity contribution >= 4 is 46.2 Å². The van der Waals surface area contributed by atoms with Gasteiger partial charge in [0.15, 0.2) is 11.6 Å². The minimum atomic E-state index is -1.09. The van der Waals surface area contributed by atoms with Crippen molar-refractivity contribution in [1.29, 1.82) is 0 Å². The van der Waals surface area contributed by atoms with E-state index in [1.54, 1.807) is 11.3 Å². The van der Waals surface area contributed by atoms with Crippen LogP contribution in [0.1, 0.15) is 16.1 Å². The zero-order valence-electron chi connectivity index (χ0n) is 14.9. The van der Waals surface area contributed by atoms with Crippen molar-refractivity contribution in [3.05, 3.63) is 64.0 Å². The third-order valence-corrected chi connectivity index (χ3v) is 7.28. The number of thiazole rings is 1. The number of hydrogen-bond donors (Lipinski definition) is 1. The lowest BCUT2D eigenvalue weighted by Gasteiger charge is -2.23. The van der Waals surface area contributed by atoms with E-state index in [2.05, 4.69) is 10.3 Å². The number of carbonyl (C=O) groups excluding carboxylic acids is 2. The molecule has 10 heteroatoms. The van der Waals surface area contributed by atoms with Crippen LogP contribution in [0.15, 0.2) is 41.1 Å². The van der Waals surface area contributed by atoms with Crippen molar-refractivity contribution in [2.45, 2.75) is 12.6 Å². The summed E-state index contributed by atoms with van der Waals surface area (Å²) in [6, 6.07) is 6.27. The molecule has 0 unspecified atom stereocenters. The first-order valence-electron chi connectivity index (χ1n) is 8.62. The number of nitrogens with one attached hydrogen (secondary N) is 1. The Kier molecular flexibility index (Phi) is 5.93. The lowest BCUT2D eigenvalue weighted by molar-refractivity contribution is -0.124. The highest BCUT2D eigenvalue weighted by Gasteiger charge is 2.35. The van der Waals surface area contributed by atoms with Crippen LogP contribution in [0.4, 0.5) is 8.78 Å². The topological polar surface area (TPSA) is 62.3 Å². The summed E-state index contributed by atoms with van der Waals surface area (Å²) in [5.74, 6) is -2.14. The van der Waals surface area contributed by atoms with Crippen LogP contribution in [0.25, 0.3) is 9.88 Å². The molecule has 1 aliphatic rings. The van der Waals surface area contributed by atoms with Crippen LogP contribution < -0.4 is 5.32 Å². The van der Waals surface area contributed by atoms with E-state index in [-0.39, 0.29) is 18.0 Å². The van der Waals surface area contributed by atoms with Gasteiger partial charge >= 0.3 is 0 Å². The SMILES string of the molecule is O=C(NCc1csc(-c2cccs2)n1)[C@H]1CSCN1C(=O)c1ccc(F)c(F)c1. The Labute approximate surface area is 177 Å². The molecule has 1 saturated heterocycles. The van der Waals surface area contributed by atoms with E-state index >= 15 is 0 Å². The van der Waals surface area contributed by atoms with Gasteiger partial charge < -0.3 is 10.2 Å². The molecule has 29 heavy (non-hydrogen) atoms. The molecule has 3 heterocycles. The summed E-state index contributed by atoms with van der Waals surface area (Å²) in [5.41, 5.74) is 0.764. The van der Waals surface area contributed by atoms with Gasteiger partial charge in [0.1, 0.15) is 11.0 Å². The molecule has 1 aromatic carbocycles. The van der Waals surface area contributed by atoms with Crippen LogP contribution in [0.5, 0.6) is 0 Å². The van der Waals surface area contributed by atoms with Gasteiger partial charge in [-0.05, 0) is 29.6 Å². The van der Waals surface area contributed by atoms with Gasteiger partial charge in [0.2, 0.25) is 5.91 Å². The second kappa shape index (κ2) is 8.60. The monoisotopic (exact) mass is 451 g/mol. The molecule has 1 atom stereocenters. The van der Waals surface area contributed by atoms with Gasteiger partial charge in [-0.15, -0.1) is 34.4 Å². The standard InChI is InChI=1S/C19H15F2N3O2S3/c20-13-4-3-11(6-14(13)21)19(26)24-10-27-9-15(24)17(25)22-7-12-8-29-18(23-12)16-2-1-5-28-16/h1-6,8,15H,7,9-10H2,(H,22,25)/t15-/m1/s1. The summed E-state index contributed by atoms with van der Waals surface area (Å²) in [7, 11) is 0. The average molecular weight is 452 g/mol. The van der Waals surface area contributed by atoms with Crippen molar-refractivity contribution in [3.8, 4) is 9.88 Å². The summed E-state index contributed by atoms with van der Waals surface area (Å²) in [6.07, 6.45) is 0. The predicted molar refractivity (Wildman–Crippen MR) is 111 cm³/mol. The molecular formula is C19H15F2N3O2S3. The summed E-state index contributed by atoms with van der Waals surface area (Å²) < 4.78 is 26.6. The molecule has 1 N–H and O–H groups in total. The maximum Gasteiger partial charge on any atom is 0.255 e. The number of aromatic nitrogens is 1. The molecule has 2 amide bonds. The summed E-state index contributed by atoms with van der Waals surface area (Å²) in [6.45, 7) is 0.259. The van der Waals surface area contributed by atoms with Gasteiger partial charge in [0.05, 0.1) is 23.0 Å². The maximum atomic E-state index is 13.5. The average Bonchev–Trinajstić information content (AvgIpc) is 3.48. The highest BCUT2D eigenvalue weighted by molar-refractivity contribution is 7.99. The zero-order chi connectivity index (χ0) is 20.4. The van der Waals surface area contributed by atoms with E-state index in [4.69, 9.17) is 0 Å². The van der Waals surface area contributed by atoms with Crippen molar-refractivity contribution in [2.24, 2.45) is 0 Å². The number of benzene rings is 1. The van der Waals surface area contributed by atoms with E-state index in [0.29, 0.717) is 11.6 Å². The Balaban J connectivity index is 1.40. The van der Waals surface area contributed by atoms with Crippen molar-refractivity contribution < 1.29 is 18.4 Å². The van der Waals surface area contributed by atoms with Crippen LogP contribution in [0.3, 0.4) is 0 Å². The molecule has 1 fully saturated rings. The summed E-state index contributed by atoms with van der Waals surface area (Å²) >= 11 is 4.55. The summed E-state index contributed by atoms with van der Waals surface area (Å²) in [5, 5.41) is 7.60. The molecule has 4 rings (SSSR count). The second-order valence-corrected chi connectivity index (χ2v) is 9.06. The highest BCUT2D eigenvalue weighted by atomic mass is 32.2. The van der Waals surface area contributed by atoms with E-state index in [9.17, 15) is 18.4 Å². The smallest absolute Gasteiger partial charge is 0.255 e. The van der Waals surface area contributed by atoms with E-state index in [1.807, 2.05) is 22.9 Å². The fourth-order valence-corrected chi connectivity index (χ4v) is 5.64. The number of hydrogen-bond acceptors (Lipinski definition) is 6. The molecule has 0 spiro atoms. The normalized spacial score (nSPS) is 16.2. The largest absolute Gasteiger partial charge is 0.349 e. The van der Waals surface area contributed by atoms with Crippen molar-refractivity contribution in [3.63, 3.8) is 0 Å². The Morgan fingerprint density at radius 3 is 2.83 bits per heavy atom. The van der Waals surface area contributed by atoms with Crippen LogP contribution in [0.2, 0.25) is 0 Å². The zero-order valence-corrected chi connectivity index (χ0v) is 17.4. The molecule has 5 nitrogen and oxygen atoms in total. The Morgan fingerprint density at radius 2 is 2.07 bits per heavy atom. The van der Waals surface area contributed by atoms with Crippen molar-refractivity contribution in [1.82, 2.24) is 15.2 Å². The molecule has 1 aliphatic heterocycles. The first-order chi connectivity index (χ1) is 14.0.